The van der Waals surface area contributed by atoms with Crippen molar-refractivity contribution in [2.75, 3.05) is 5.73 Å². The van der Waals surface area contributed by atoms with Gasteiger partial charge in [0.15, 0.2) is 5.58 Å². The number of nitro benzene ring substituents is 2. The molecule has 0 fully saturated rings. The molecule has 24 heavy (non-hydrogen) atoms. The average molecular weight is 334 g/mol. The van der Waals surface area contributed by atoms with Gasteiger partial charge in [-0.1, -0.05) is 0 Å². The third-order valence-corrected chi connectivity index (χ3v) is 2.84. The Bertz CT molecular complexity index is 976. The van der Waals surface area contributed by atoms with Crippen molar-refractivity contribution in [3.63, 3.8) is 0 Å². The van der Waals surface area contributed by atoms with E-state index in [0.29, 0.717) is 11.1 Å². The van der Waals surface area contributed by atoms with Crippen LogP contribution in [0, 0.1) is 20.2 Å². The molecule has 0 aliphatic carbocycles. The highest BCUT2D eigenvalue weighted by Crippen LogP contribution is 2.24. The Labute approximate surface area is 132 Å². The minimum absolute atomic E-state index is 0.0131. The summed E-state index contributed by atoms with van der Waals surface area (Å²) in [6.45, 7) is 0. The first kappa shape index (κ1) is 16.5. The molecule has 124 valence electrons. The zero-order chi connectivity index (χ0) is 17.9. The van der Waals surface area contributed by atoms with Crippen molar-refractivity contribution in [2.24, 2.45) is 0 Å². The van der Waals surface area contributed by atoms with Crippen molar-refractivity contribution in [1.82, 2.24) is 4.98 Å². The number of benzene rings is 2. The number of H-pyrrole nitrogens is 1. The number of fused-ring (bicyclic) bond motifs is 1. The summed E-state index contributed by atoms with van der Waals surface area (Å²) in [5.74, 6) is -0.758. The van der Waals surface area contributed by atoms with Crippen LogP contribution in [0.25, 0.3) is 11.1 Å². The molecule has 4 N–H and O–H groups in total. The summed E-state index contributed by atoms with van der Waals surface area (Å²) in [6.07, 6.45) is 0. The fraction of sp³-hybridized carbons (Fsp3) is 0. The van der Waals surface area contributed by atoms with E-state index in [2.05, 4.69) is 9.40 Å². The minimum atomic E-state index is -0.615. The first-order chi connectivity index (χ1) is 11.3. The van der Waals surface area contributed by atoms with E-state index in [1.54, 1.807) is 0 Å². The van der Waals surface area contributed by atoms with Crippen LogP contribution < -0.4 is 11.5 Å². The van der Waals surface area contributed by atoms with Crippen molar-refractivity contribution in [3.8, 4) is 5.75 Å². The third-order valence-electron chi connectivity index (χ3n) is 2.84. The summed E-state index contributed by atoms with van der Waals surface area (Å²) in [6, 6.07) is 7.39. The molecule has 1 aromatic heterocycles. The van der Waals surface area contributed by atoms with Crippen molar-refractivity contribution in [3.05, 3.63) is 67.2 Å². The second kappa shape index (κ2) is 6.48. The monoisotopic (exact) mass is 334 g/mol. The highest BCUT2D eigenvalue weighted by Gasteiger charge is 2.08. The lowest BCUT2D eigenvalue weighted by Crippen LogP contribution is -1.93. The second-order valence-corrected chi connectivity index (χ2v) is 4.45. The number of nitro groups is 2. The molecule has 0 saturated heterocycles. The number of nitrogens with zero attached hydrogens (tertiary/aromatic N) is 2. The summed E-state index contributed by atoms with van der Waals surface area (Å²) in [7, 11) is 0. The number of rotatable bonds is 2. The van der Waals surface area contributed by atoms with Crippen molar-refractivity contribution in [1.29, 1.82) is 0 Å². The number of aromatic amines is 1. The van der Waals surface area contributed by atoms with Crippen LogP contribution in [0.2, 0.25) is 0 Å². The average Bonchev–Trinajstić information content (AvgIpc) is 2.89. The third kappa shape index (κ3) is 3.65. The molecule has 11 heteroatoms. The van der Waals surface area contributed by atoms with Crippen LogP contribution in [0.5, 0.6) is 5.75 Å². The van der Waals surface area contributed by atoms with Crippen LogP contribution in [-0.4, -0.2) is 19.9 Å². The van der Waals surface area contributed by atoms with E-state index in [0.717, 1.165) is 6.07 Å². The fourth-order valence-electron chi connectivity index (χ4n) is 1.71. The standard InChI is InChI=1S/C7H4N2O4.C6H6N2O3/c10-7-8-5-3-4(9(11)12)1-2-6(5)13-7;7-5-3-4(8(10)11)1-2-6(5)9/h1-3H,(H,8,10);1-3,9H,7H2. The van der Waals surface area contributed by atoms with E-state index in [1.165, 1.54) is 30.3 Å². The zero-order valence-corrected chi connectivity index (χ0v) is 11.8. The van der Waals surface area contributed by atoms with Gasteiger partial charge in [-0.2, -0.15) is 0 Å². The molecule has 0 atom stereocenters. The van der Waals surface area contributed by atoms with Gasteiger partial charge in [-0.15, -0.1) is 0 Å². The number of phenols is 1. The molecule has 0 bridgehead atoms. The van der Waals surface area contributed by atoms with E-state index < -0.39 is 15.6 Å². The molecule has 0 aliphatic heterocycles. The first-order valence-electron chi connectivity index (χ1n) is 6.28. The molecule has 2 aromatic carbocycles. The predicted molar refractivity (Wildman–Crippen MR) is 82.7 cm³/mol. The van der Waals surface area contributed by atoms with Crippen LogP contribution >= 0.6 is 0 Å². The Balaban J connectivity index is 0.000000177. The highest BCUT2D eigenvalue weighted by atomic mass is 16.6. The number of hydrogen-bond acceptors (Lipinski definition) is 8. The predicted octanol–water partition coefficient (Wildman–Crippen LogP) is 1.91. The molecule has 3 rings (SSSR count). The summed E-state index contributed by atoms with van der Waals surface area (Å²) < 4.78 is 4.67. The number of nitrogen functional groups attached to an aromatic ring is 1. The number of aromatic nitrogens is 1. The quantitative estimate of drug-likeness (QED) is 0.275. The molecular formula is C13H10N4O7. The van der Waals surface area contributed by atoms with Gasteiger partial charge in [0.25, 0.3) is 11.4 Å². The number of oxazole rings is 1. The molecule has 0 unspecified atom stereocenters. The van der Waals surface area contributed by atoms with Crippen LogP contribution in [0.3, 0.4) is 0 Å². The van der Waals surface area contributed by atoms with Gasteiger partial charge < -0.3 is 15.3 Å². The lowest BCUT2D eigenvalue weighted by molar-refractivity contribution is -0.384. The summed E-state index contributed by atoms with van der Waals surface area (Å²) in [5, 5.41) is 29.3. The van der Waals surface area contributed by atoms with Gasteiger partial charge >= 0.3 is 5.76 Å². The fourth-order valence-corrected chi connectivity index (χ4v) is 1.71. The molecular weight excluding hydrogens is 324 g/mol. The molecule has 3 aromatic rings. The SMILES string of the molecule is Nc1cc([N+](=O)[O-])ccc1O.O=c1[nH]c2cc([N+](=O)[O-])ccc2o1. The number of phenolic OH excluding ortho intramolecular Hbond substituents is 1. The lowest BCUT2D eigenvalue weighted by atomic mass is 10.2. The topological polar surface area (TPSA) is 179 Å². The van der Waals surface area contributed by atoms with Crippen LogP contribution in [-0.2, 0) is 0 Å². The number of hydrogen-bond donors (Lipinski definition) is 3. The Morgan fingerprint density at radius 3 is 2.21 bits per heavy atom. The van der Waals surface area contributed by atoms with Gasteiger partial charge in [0.05, 0.1) is 21.1 Å². The van der Waals surface area contributed by atoms with E-state index >= 15 is 0 Å². The Morgan fingerprint density at radius 1 is 1.04 bits per heavy atom. The molecule has 0 amide bonds. The van der Waals surface area contributed by atoms with Gasteiger partial charge in [-0.25, -0.2) is 4.79 Å². The first-order valence-corrected chi connectivity index (χ1v) is 6.28. The Kier molecular flexibility index (Phi) is 4.45. The molecule has 0 aliphatic rings. The molecule has 1 heterocycles. The van der Waals surface area contributed by atoms with E-state index in [4.69, 9.17) is 10.8 Å². The Morgan fingerprint density at radius 2 is 1.62 bits per heavy atom. The van der Waals surface area contributed by atoms with Crippen LogP contribution in [0.4, 0.5) is 17.1 Å². The molecule has 11 nitrogen and oxygen atoms in total. The number of aromatic hydroxyl groups is 1. The molecule has 0 radical (unpaired) electrons. The highest BCUT2D eigenvalue weighted by molar-refractivity contribution is 5.74. The number of nitrogens with two attached hydrogens (primary N) is 1. The van der Waals surface area contributed by atoms with Crippen molar-refractivity contribution >= 4 is 28.2 Å². The van der Waals surface area contributed by atoms with E-state index in [-0.39, 0.29) is 22.8 Å². The van der Waals surface area contributed by atoms with Gasteiger partial charge in [0.1, 0.15) is 5.75 Å². The summed E-state index contributed by atoms with van der Waals surface area (Å²) in [4.78, 5) is 32.4. The molecule has 0 saturated carbocycles. The van der Waals surface area contributed by atoms with Crippen molar-refractivity contribution < 1.29 is 19.4 Å². The Hall–Kier alpha value is -3.89. The van der Waals surface area contributed by atoms with Crippen LogP contribution in [0.15, 0.2) is 45.6 Å². The number of anilines is 1. The smallest absolute Gasteiger partial charge is 0.417 e. The summed E-state index contributed by atoms with van der Waals surface area (Å²) in [5.41, 5.74) is 5.66. The molecule has 0 spiro atoms. The second-order valence-electron chi connectivity index (χ2n) is 4.45. The maximum absolute atomic E-state index is 10.7. The van der Waals surface area contributed by atoms with Gasteiger partial charge in [-0.05, 0) is 12.1 Å². The lowest BCUT2D eigenvalue weighted by Gasteiger charge is -1.96. The van der Waals surface area contributed by atoms with Crippen molar-refractivity contribution in [2.45, 2.75) is 0 Å². The van der Waals surface area contributed by atoms with Gasteiger partial charge in [0.2, 0.25) is 0 Å². The van der Waals surface area contributed by atoms with Gasteiger partial charge in [0, 0.05) is 24.3 Å². The minimum Gasteiger partial charge on any atom is -0.506 e. The van der Waals surface area contributed by atoms with E-state index in [1.807, 2.05) is 0 Å². The van der Waals surface area contributed by atoms with E-state index in [9.17, 15) is 25.0 Å². The number of nitrogens with one attached hydrogen (secondary N) is 1. The van der Waals surface area contributed by atoms with Crippen LogP contribution in [0.1, 0.15) is 0 Å². The number of non-ortho nitro benzene ring substituents is 2. The summed E-state index contributed by atoms with van der Waals surface area (Å²) >= 11 is 0. The normalized spacial score (nSPS) is 10.0. The largest absolute Gasteiger partial charge is 0.506 e. The zero-order valence-electron chi connectivity index (χ0n) is 11.8. The van der Waals surface area contributed by atoms with Gasteiger partial charge in [-0.3, -0.25) is 25.2 Å². The maximum Gasteiger partial charge on any atom is 0.417 e. The maximum atomic E-state index is 10.7.